The van der Waals surface area contributed by atoms with Gasteiger partial charge in [0.05, 0.1) is 13.7 Å². The minimum absolute atomic E-state index is 0.376. The fourth-order valence-electron chi connectivity index (χ4n) is 3.15. The summed E-state index contributed by atoms with van der Waals surface area (Å²) in [7, 11) is 1.60. The fourth-order valence-corrected chi connectivity index (χ4v) is 3.15. The van der Waals surface area contributed by atoms with Gasteiger partial charge in [-0.05, 0) is 35.4 Å². The van der Waals surface area contributed by atoms with E-state index in [-0.39, 0.29) is 0 Å². The molecule has 3 rings (SSSR count). The average Bonchev–Trinajstić information content (AvgIpc) is 2.75. The van der Waals surface area contributed by atoms with Gasteiger partial charge in [0.15, 0.2) is 0 Å². The Balaban J connectivity index is 1.86. The molecule has 0 aromatic heterocycles. The number of terminal acetylenes is 1. The SMILES string of the molecule is C#Cc1ccc(Cc2ccc(OC)cc2)c(O[C@@H]2O[C@H](CO)[C@@H](O)[C@H](O)[C@H]2O)c1. The Bertz CT molecular complexity index is 856. The molecule has 0 spiro atoms. The largest absolute Gasteiger partial charge is 0.497 e. The zero-order chi connectivity index (χ0) is 21.0. The zero-order valence-electron chi connectivity index (χ0n) is 15.9. The first-order valence-electron chi connectivity index (χ1n) is 9.16. The van der Waals surface area contributed by atoms with Crippen molar-refractivity contribution in [2.24, 2.45) is 0 Å². The van der Waals surface area contributed by atoms with Gasteiger partial charge in [0.2, 0.25) is 6.29 Å². The number of hydrogen-bond donors (Lipinski definition) is 4. The van der Waals surface area contributed by atoms with E-state index in [0.717, 1.165) is 16.9 Å². The highest BCUT2D eigenvalue weighted by atomic mass is 16.7. The van der Waals surface area contributed by atoms with Gasteiger partial charge >= 0.3 is 0 Å². The van der Waals surface area contributed by atoms with Crippen LogP contribution in [-0.2, 0) is 11.2 Å². The minimum Gasteiger partial charge on any atom is -0.497 e. The lowest BCUT2D eigenvalue weighted by Gasteiger charge is -2.39. The van der Waals surface area contributed by atoms with Crippen molar-refractivity contribution in [3.8, 4) is 23.8 Å². The molecule has 1 saturated heterocycles. The van der Waals surface area contributed by atoms with E-state index in [1.807, 2.05) is 30.3 Å². The van der Waals surface area contributed by atoms with Crippen LogP contribution in [0.3, 0.4) is 0 Å². The Morgan fingerprint density at radius 2 is 1.76 bits per heavy atom. The molecule has 1 aliphatic rings. The standard InChI is InChI=1S/C22H24O7/c1-3-13-4-7-15(10-14-5-8-16(27-2)9-6-14)17(11-13)28-22-21(26)20(25)19(24)18(12-23)29-22/h1,4-9,11,18-26H,10,12H2,2H3/t18-,19-,20+,21-,22-/m1/s1. The van der Waals surface area contributed by atoms with E-state index in [1.54, 1.807) is 19.2 Å². The Morgan fingerprint density at radius 1 is 1.03 bits per heavy atom. The van der Waals surface area contributed by atoms with E-state index >= 15 is 0 Å². The van der Waals surface area contributed by atoms with Crippen molar-refractivity contribution < 1.29 is 34.6 Å². The minimum atomic E-state index is -1.52. The monoisotopic (exact) mass is 400 g/mol. The topological polar surface area (TPSA) is 109 Å². The molecular weight excluding hydrogens is 376 g/mol. The Labute approximate surface area is 169 Å². The summed E-state index contributed by atoms with van der Waals surface area (Å²) in [5, 5.41) is 39.5. The lowest BCUT2D eigenvalue weighted by molar-refractivity contribution is -0.277. The van der Waals surface area contributed by atoms with Gasteiger partial charge in [0, 0.05) is 12.0 Å². The smallest absolute Gasteiger partial charge is 0.229 e. The van der Waals surface area contributed by atoms with Gasteiger partial charge in [0.1, 0.15) is 35.9 Å². The molecule has 0 unspecified atom stereocenters. The molecule has 5 atom stereocenters. The van der Waals surface area contributed by atoms with E-state index in [0.29, 0.717) is 17.7 Å². The van der Waals surface area contributed by atoms with Crippen LogP contribution in [0.25, 0.3) is 0 Å². The molecule has 7 heteroatoms. The fraction of sp³-hybridized carbons (Fsp3) is 0.364. The molecular formula is C22H24O7. The highest BCUT2D eigenvalue weighted by molar-refractivity contribution is 5.46. The summed E-state index contributed by atoms with van der Waals surface area (Å²) < 4.78 is 16.4. The van der Waals surface area contributed by atoms with Crippen molar-refractivity contribution in [2.75, 3.05) is 13.7 Å². The van der Waals surface area contributed by atoms with Crippen LogP contribution in [0.2, 0.25) is 0 Å². The zero-order valence-corrected chi connectivity index (χ0v) is 15.9. The number of benzene rings is 2. The highest BCUT2D eigenvalue weighted by Crippen LogP contribution is 2.29. The molecule has 1 aliphatic heterocycles. The van der Waals surface area contributed by atoms with Gasteiger partial charge in [-0.3, -0.25) is 0 Å². The first kappa shape index (κ1) is 21.1. The Morgan fingerprint density at radius 3 is 2.38 bits per heavy atom. The number of methoxy groups -OCH3 is 1. The van der Waals surface area contributed by atoms with E-state index in [4.69, 9.17) is 20.6 Å². The molecule has 0 radical (unpaired) electrons. The number of hydrogen-bond acceptors (Lipinski definition) is 7. The molecule has 1 fully saturated rings. The molecule has 154 valence electrons. The highest BCUT2D eigenvalue weighted by Gasteiger charge is 2.44. The van der Waals surface area contributed by atoms with Crippen LogP contribution in [0, 0.1) is 12.3 Å². The van der Waals surface area contributed by atoms with Gasteiger partial charge in [0.25, 0.3) is 0 Å². The van der Waals surface area contributed by atoms with Gasteiger partial charge in [-0.25, -0.2) is 0 Å². The van der Waals surface area contributed by atoms with Crippen molar-refractivity contribution in [1.82, 2.24) is 0 Å². The Hall–Kier alpha value is -2.60. The maximum atomic E-state index is 10.3. The molecule has 2 aromatic carbocycles. The predicted octanol–water partition coefficient (Wildman–Crippen LogP) is 0.446. The van der Waals surface area contributed by atoms with Crippen LogP contribution in [0.4, 0.5) is 0 Å². The molecule has 2 aromatic rings. The summed E-state index contributed by atoms with van der Waals surface area (Å²) in [6.07, 6.45) is -0.812. The summed E-state index contributed by atoms with van der Waals surface area (Å²) >= 11 is 0. The number of aliphatic hydroxyl groups excluding tert-OH is 4. The Kier molecular flexibility index (Phi) is 6.75. The van der Waals surface area contributed by atoms with Gasteiger partial charge in [-0.2, -0.15) is 0 Å². The molecule has 0 amide bonds. The maximum Gasteiger partial charge on any atom is 0.229 e. The first-order valence-corrected chi connectivity index (χ1v) is 9.16. The van der Waals surface area contributed by atoms with Crippen molar-refractivity contribution >= 4 is 0 Å². The van der Waals surface area contributed by atoms with Gasteiger partial charge in [-0.1, -0.05) is 24.1 Å². The second-order valence-electron chi connectivity index (χ2n) is 6.81. The summed E-state index contributed by atoms with van der Waals surface area (Å²) in [4.78, 5) is 0. The predicted molar refractivity (Wildman–Crippen MR) is 105 cm³/mol. The van der Waals surface area contributed by atoms with Crippen molar-refractivity contribution in [2.45, 2.75) is 37.1 Å². The molecule has 4 N–H and O–H groups in total. The van der Waals surface area contributed by atoms with E-state index in [9.17, 15) is 20.4 Å². The number of ether oxygens (including phenoxy) is 3. The number of aliphatic hydroxyl groups is 4. The average molecular weight is 400 g/mol. The van der Waals surface area contributed by atoms with Crippen molar-refractivity contribution in [3.05, 3.63) is 59.2 Å². The van der Waals surface area contributed by atoms with Crippen LogP contribution in [0.1, 0.15) is 16.7 Å². The van der Waals surface area contributed by atoms with Crippen LogP contribution >= 0.6 is 0 Å². The molecule has 29 heavy (non-hydrogen) atoms. The first-order chi connectivity index (χ1) is 14.0. The van der Waals surface area contributed by atoms with E-state index in [2.05, 4.69) is 5.92 Å². The van der Waals surface area contributed by atoms with Crippen LogP contribution in [0.5, 0.6) is 11.5 Å². The quantitative estimate of drug-likeness (QED) is 0.521. The van der Waals surface area contributed by atoms with Crippen LogP contribution in [-0.4, -0.2) is 64.8 Å². The summed E-state index contributed by atoms with van der Waals surface area (Å²) in [5.41, 5.74) is 2.35. The van der Waals surface area contributed by atoms with Crippen LogP contribution in [0.15, 0.2) is 42.5 Å². The third-order valence-corrected chi connectivity index (χ3v) is 4.88. The molecule has 7 nitrogen and oxygen atoms in total. The summed E-state index contributed by atoms with van der Waals surface area (Å²) in [6, 6.07) is 12.8. The lowest BCUT2D eigenvalue weighted by atomic mass is 9.99. The van der Waals surface area contributed by atoms with Crippen molar-refractivity contribution in [1.29, 1.82) is 0 Å². The summed E-state index contributed by atoms with van der Waals surface area (Å²) in [6.45, 7) is -0.534. The molecule has 0 aliphatic carbocycles. The maximum absolute atomic E-state index is 10.3. The van der Waals surface area contributed by atoms with Crippen molar-refractivity contribution in [3.63, 3.8) is 0 Å². The van der Waals surface area contributed by atoms with Crippen LogP contribution < -0.4 is 9.47 Å². The lowest BCUT2D eigenvalue weighted by Crippen LogP contribution is -2.60. The third kappa shape index (κ3) is 4.70. The molecule has 0 bridgehead atoms. The second-order valence-corrected chi connectivity index (χ2v) is 6.81. The second kappa shape index (κ2) is 9.27. The van der Waals surface area contributed by atoms with Gasteiger partial charge < -0.3 is 34.6 Å². The van der Waals surface area contributed by atoms with E-state index < -0.39 is 37.3 Å². The third-order valence-electron chi connectivity index (χ3n) is 4.88. The number of rotatable bonds is 6. The van der Waals surface area contributed by atoms with E-state index in [1.165, 1.54) is 0 Å². The normalized spacial score (nSPS) is 26.6. The summed E-state index contributed by atoms with van der Waals surface area (Å²) in [5.74, 6) is 3.65. The molecule has 1 heterocycles. The molecule has 0 saturated carbocycles. The van der Waals surface area contributed by atoms with Gasteiger partial charge in [-0.15, -0.1) is 6.42 Å².